The summed E-state index contributed by atoms with van der Waals surface area (Å²) >= 11 is 0. The van der Waals surface area contributed by atoms with Gasteiger partial charge in [0.05, 0.1) is 19.0 Å². The van der Waals surface area contributed by atoms with E-state index in [0.717, 1.165) is 18.8 Å². The van der Waals surface area contributed by atoms with Crippen molar-refractivity contribution >= 4 is 11.7 Å². The number of nitrogens with two attached hydrogens (primary N) is 1. The van der Waals surface area contributed by atoms with Gasteiger partial charge >= 0.3 is 0 Å². The van der Waals surface area contributed by atoms with E-state index in [2.05, 4.69) is 33.9 Å². The summed E-state index contributed by atoms with van der Waals surface area (Å²) in [5.74, 6) is 0.701. The van der Waals surface area contributed by atoms with E-state index in [4.69, 9.17) is 15.7 Å². The molecule has 1 atom stereocenters. The molecule has 0 saturated carbocycles. The van der Waals surface area contributed by atoms with Crippen molar-refractivity contribution in [2.75, 3.05) is 25.2 Å². The number of hydrogen-bond donors (Lipinski definition) is 2. The first kappa shape index (κ1) is 15.2. The van der Waals surface area contributed by atoms with Gasteiger partial charge in [0.15, 0.2) is 5.84 Å². The van der Waals surface area contributed by atoms with Crippen molar-refractivity contribution in [3.8, 4) is 0 Å². The summed E-state index contributed by atoms with van der Waals surface area (Å²) in [5.41, 5.74) is 5.80. The van der Waals surface area contributed by atoms with Gasteiger partial charge in [0.2, 0.25) is 0 Å². The van der Waals surface area contributed by atoms with Crippen LogP contribution in [0.4, 0.5) is 5.82 Å². The first-order valence-corrected chi connectivity index (χ1v) is 6.19. The van der Waals surface area contributed by atoms with Crippen LogP contribution in [0.15, 0.2) is 17.5 Å². The molecule has 7 nitrogen and oxygen atoms in total. The van der Waals surface area contributed by atoms with Crippen molar-refractivity contribution < 1.29 is 9.94 Å². The Morgan fingerprint density at radius 2 is 2.26 bits per heavy atom. The number of hydrogen-bond acceptors (Lipinski definition) is 6. The highest BCUT2D eigenvalue weighted by molar-refractivity contribution is 5.94. The number of ether oxygens (including phenoxy) is 1. The summed E-state index contributed by atoms with van der Waals surface area (Å²) in [4.78, 5) is 10.6. The normalized spacial score (nSPS) is 13.3. The van der Waals surface area contributed by atoms with Crippen molar-refractivity contribution in [3.05, 3.63) is 18.1 Å². The number of oxime groups is 1. The molecular weight excluding hydrogens is 246 g/mol. The van der Waals surface area contributed by atoms with Gasteiger partial charge in [0, 0.05) is 19.7 Å². The van der Waals surface area contributed by atoms with Gasteiger partial charge in [-0.25, -0.2) is 9.97 Å². The first-order valence-electron chi connectivity index (χ1n) is 6.19. The molecule has 0 fully saturated rings. The Morgan fingerprint density at radius 3 is 2.74 bits per heavy atom. The standard InChI is InChI=1S/C12H21N5O2/c1-4-9(2)17(5-6-19-3)11-8-14-10(7-15-11)12(13)16-18/h7-9,18H,4-6H2,1-3H3,(H2,13,16). The maximum Gasteiger partial charge on any atom is 0.190 e. The zero-order valence-electron chi connectivity index (χ0n) is 11.6. The molecule has 19 heavy (non-hydrogen) atoms. The van der Waals surface area contributed by atoms with Gasteiger partial charge in [0.1, 0.15) is 11.5 Å². The minimum Gasteiger partial charge on any atom is -0.409 e. The lowest BCUT2D eigenvalue weighted by atomic mass is 10.2. The SMILES string of the molecule is CCC(C)N(CCOC)c1cnc(C(N)=NO)cn1. The van der Waals surface area contributed by atoms with Crippen LogP contribution < -0.4 is 10.6 Å². The number of aromatic nitrogens is 2. The first-order chi connectivity index (χ1) is 9.13. The second kappa shape index (κ2) is 7.52. The molecule has 1 unspecified atom stereocenters. The molecule has 1 aromatic heterocycles. The number of amidine groups is 1. The quantitative estimate of drug-likeness (QED) is 0.328. The second-order valence-electron chi connectivity index (χ2n) is 4.19. The van der Waals surface area contributed by atoms with E-state index in [-0.39, 0.29) is 5.84 Å². The summed E-state index contributed by atoms with van der Waals surface area (Å²) < 4.78 is 5.11. The van der Waals surface area contributed by atoms with E-state index < -0.39 is 0 Å². The Kier molecular flexibility index (Phi) is 6.01. The summed E-state index contributed by atoms with van der Waals surface area (Å²) in [6.07, 6.45) is 4.11. The minimum absolute atomic E-state index is 0.0500. The third kappa shape index (κ3) is 4.06. The van der Waals surface area contributed by atoms with Gasteiger partial charge in [-0.2, -0.15) is 0 Å². The molecule has 7 heteroatoms. The molecule has 0 radical (unpaired) electrons. The average Bonchev–Trinajstić information content (AvgIpc) is 2.47. The molecule has 1 rings (SSSR count). The van der Waals surface area contributed by atoms with Gasteiger partial charge in [-0.05, 0) is 13.3 Å². The van der Waals surface area contributed by atoms with Crippen molar-refractivity contribution in [1.82, 2.24) is 9.97 Å². The smallest absolute Gasteiger partial charge is 0.190 e. The number of rotatable bonds is 7. The molecule has 0 bridgehead atoms. The molecule has 1 heterocycles. The Morgan fingerprint density at radius 1 is 1.53 bits per heavy atom. The Labute approximate surface area is 113 Å². The highest BCUT2D eigenvalue weighted by atomic mass is 16.5. The average molecular weight is 267 g/mol. The Hall–Kier alpha value is -1.89. The van der Waals surface area contributed by atoms with Crippen LogP contribution in [-0.4, -0.2) is 47.3 Å². The molecule has 1 aromatic rings. The molecular formula is C12H21N5O2. The van der Waals surface area contributed by atoms with Crippen LogP contribution in [0.5, 0.6) is 0 Å². The van der Waals surface area contributed by atoms with Crippen molar-refractivity contribution in [2.45, 2.75) is 26.3 Å². The molecule has 0 aliphatic carbocycles. The van der Waals surface area contributed by atoms with Gasteiger partial charge in [-0.15, -0.1) is 0 Å². The third-order valence-corrected chi connectivity index (χ3v) is 2.96. The number of methoxy groups -OCH3 is 1. The maximum atomic E-state index is 8.58. The third-order valence-electron chi connectivity index (χ3n) is 2.96. The molecule has 0 aliphatic heterocycles. The van der Waals surface area contributed by atoms with Crippen LogP contribution in [0.3, 0.4) is 0 Å². The van der Waals surface area contributed by atoms with E-state index in [9.17, 15) is 0 Å². The van der Waals surface area contributed by atoms with E-state index in [1.54, 1.807) is 13.3 Å². The largest absolute Gasteiger partial charge is 0.409 e. The summed E-state index contributed by atoms with van der Waals surface area (Å²) in [7, 11) is 1.67. The van der Waals surface area contributed by atoms with Crippen LogP contribution in [0.2, 0.25) is 0 Å². The molecule has 106 valence electrons. The highest BCUT2D eigenvalue weighted by Crippen LogP contribution is 2.14. The number of anilines is 1. The minimum atomic E-state index is -0.0500. The van der Waals surface area contributed by atoms with Gasteiger partial charge in [0.25, 0.3) is 0 Å². The zero-order valence-corrected chi connectivity index (χ0v) is 11.6. The van der Waals surface area contributed by atoms with Gasteiger partial charge in [-0.1, -0.05) is 12.1 Å². The summed E-state index contributed by atoms with van der Waals surface area (Å²) in [5, 5.41) is 11.5. The fourth-order valence-corrected chi connectivity index (χ4v) is 1.62. The Bertz CT molecular complexity index is 407. The monoisotopic (exact) mass is 267 g/mol. The summed E-state index contributed by atoms with van der Waals surface area (Å²) in [6, 6.07) is 0.333. The van der Waals surface area contributed by atoms with E-state index in [1.807, 2.05) is 0 Å². The van der Waals surface area contributed by atoms with Gasteiger partial charge < -0.3 is 20.6 Å². The van der Waals surface area contributed by atoms with Crippen molar-refractivity contribution in [3.63, 3.8) is 0 Å². The molecule has 0 saturated heterocycles. The van der Waals surface area contributed by atoms with Crippen LogP contribution in [0, 0.1) is 0 Å². The van der Waals surface area contributed by atoms with E-state index in [0.29, 0.717) is 18.3 Å². The van der Waals surface area contributed by atoms with Gasteiger partial charge in [-0.3, -0.25) is 0 Å². The predicted octanol–water partition coefficient (Wildman–Crippen LogP) is 0.822. The predicted molar refractivity (Wildman–Crippen MR) is 73.5 cm³/mol. The fourth-order valence-electron chi connectivity index (χ4n) is 1.62. The van der Waals surface area contributed by atoms with E-state index in [1.165, 1.54) is 6.20 Å². The van der Waals surface area contributed by atoms with Crippen LogP contribution >= 0.6 is 0 Å². The Balaban J connectivity index is 2.90. The molecule has 3 N–H and O–H groups in total. The van der Waals surface area contributed by atoms with Crippen LogP contribution in [-0.2, 0) is 4.74 Å². The maximum absolute atomic E-state index is 8.58. The lowest BCUT2D eigenvalue weighted by Crippen LogP contribution is -2.36. The summed E-state index contributed by atoms with van der Waals surface area (Å²) in [6.45, 7) is 5.59. The second-order valence-corrected chi connectivity index (χ2v) is 4.19. The lowest BCUT2D eigenvalue weighted by molar-refractivity contribution is 0.203. The highest BCUT2D eigenvalue weighted by Gasteiger charge is 2.14. The lowest BCUT2D eigenvalue weighted by Gasteiger charge is -2.29. The van der Waals surface area contributed by atoms with Crippen molar-refractivity contribution in [2.24, 2.45) is 10.9 Å². The molecule has 0 amide bonds. The molecule has 0 spiro atoms. The van der Waals surface area contributed by atoms with Crippen molar-refractivity contribution in [1.29, 1.82) is 0 Å². The topological polar surface area (TPSA) is 96.9 Å². The van der Waals surface area contributed by atoms with Crippen LogP contribution in [0.25, 0.3) is 0 Å². The zero-order chi connectivity index (χ0) is 14.3. The van der Waals surface area contributed by atoms with Crippen LogP contribution in [0.1, 0.15) is 26.0 Å². The molecule has 0 aliphatic rings. The van der Waals surface area contributed by atoms with E-state index >= 15 is 0 Å². The molecule has 0 aromatic carbocycles. The fraction of sp³-hybridized carbons (Fsp3) is 0.583. The number of nitrogens with zero attached hydrogens (tertiary/aromatic N) is 4.